The molecule has 1 aromatic carbocycles. The van der Waals surface area contributed by atoms with Crippen molar-refractivity contribution in [3.8, 4) is 5.75 Å². The first-order valence-electron chi connectivity index (χ1n) is 6.35. The van der Waals surface area contributed by atoms with Gasteiger partial charge in [0, 0.05) is 13.5 Å². The molecule has 0 heterocycles. The Morgan fingerprint density at radius 2 is 2.39 bits per heavy atom. The third-order valence-corrected chi connectivity index (χ3v) is 3.26. The number of nitrogens with one attached hydrogen (secondary N) is 1. The van der Waals surface area contributed by atoms with Crippen molar-refractivity contribution in [2.45, 2.75) is 31.8 Å². The number of hydrogen-bond acceptors (Lipinski definition) is 3. The summed E-state index contributed by atoms with van der Waals surface area (Å²) in [6, 6.07) is 5.81. The molecule has 0 aliphatic heterocycles. The second-order valence-electron chi connectivity index (χ2n) is 4.54. The number of benzene rings is 1. The molecule has 0 aromatic heterocycles. The number of aliphatic hydroxyl groups is 1. The molecule has 2 rings (SSSR count). The molecule has 98 valence electrons. The van der Waals surface area contributed by atoms with Crippen LogP contribution in [0.1, 0.15) is 36.5 Å². The van der Waals surface area contributed by atoms with Crippen LogP contribution in [0.25, 0.3) is 0 Å². The maximum absolute atomic E-state index is 11.0. The SMILES string of the molecule is CNC(=O)CCCOc1ccc2c(c1)CCC2O. The van der Waals surface area contributed by atoms with Crippen LogP contribution in [-0.2, 0) is 11.2 Å². The monoisotopic (exact) mass is 249 g/mol. The highest BCUT2D eigenvalue weighted by molar-refractivity contribution is 5.75. The first kappa shape index (κ1) is 12.9. The molecule has 1 aliphatic rings. The Bertz CT molecular complexity index is 431. The van der Waals surface area contributed by atoms with Crippen molar-refractivity contribution in [2.24, 2.45) is 0 Å². The van der Waals surface area contributed by atoms with Crippen molar-refractivity contribution >= 4 is 5.91 Å². The van der Waals surface area contributed by atoms with E-state index in [1.165, 1.54) is 5.56 Å². The fourth-order valence-electron chi connectivity index (χ4n) is 2.21. The maximum Gasteiger partial charge on any atom is 0.219 e. The first-order valence-corrected chi connectivity index (χ1v) is 6.35. The number of carbonyl (C=O) groups is 1. The van der Waals surface area contributed by atoms with Crippen LogP contribution in [0.4, 0.5) is 0 Å². The summed E-state index contributed by atoms with van der Waals surface area (Å²) in [5.41, 5.74) is 2.19. The number of aryl methyl sites for hydroxylation is 1. The van der Waals surface area contributed by atoms with E-state index in [1.807, 2.05) is 18.2 Å². The fourth-order valence-corrected chi connectivity index (χ4v) is 2.21. The average molecular weight is 249 g/mol. The Morgan fingerprint density at radius 1 is 1.56 bits per heavy atom. The summed E-state index contributed by atoms with van der Waals surface area (Å²) >= 11 is 0. The lowest BCUT2D eigenvalue weighted by Crippen LogP contribution is -2.18. The number of ether oxygens (including phenoxy) is 1. The van der Waals surface area contributed by atoms with Gasteiger partial charge in [-0.3, -0.25) is 4.79 Å². The second-order valence-corrected chi connectivity index (χ2v) is 4.54. The van der Waals surface area contributed by atoms with Crippen molar-refractivity contribution in [1.82, 2.24) is 5.32 Å². The van der Waals surface area contributed by atoms with Gasteiger partial charge in [-0.25, -0.2) is 0 Å². The highest BCUT2D eigenvalue weighted by Crippen LogP contribution is 2.33. The Hall–Kier alpha value is -1.55. The van der Waals surface area contributed by atoms with Crippen molar-refractivity contribution in [3.63, 3.8) is 0 Å². The van der Waals surface area contributed by atoms with Crippen molar-refractivity contribution in [1.29, 1.82) is 0 Å². The van der Waals surface area contributed by atoms with E-state index in [0.29, 0.717) is 19.4 Å². The summed E-state index contributed by atoms with van der Waals surface area (Å²) in [5, 5.41) is 12.3. The number of aliphatic hydroxyl groups excluding tert-OH is 1. The van der Waals surface area contributed by atoms with Gasteiger partial charge in [0.25, 0.3) is 0 Å². The summed E-state index contributed by atoms with van der Waals surface area (Å²) in [7, 11) is 1.63. The zero-order chi connectivity index (χ0) is 13.0. The lowest BCUT2D eigenvalue weighted by Gasteiger charge is -2.08. The minimum Gasteiger partial charge on any atom is -0.494 e. The number of hydrogen-bond donors (Lipinski definition) is 2. The molecular weight excluding hydrogens is 230 g/mol. The van der Waals surface area contributed by atoms with Crippen molar-refractivity contribution < 1.29 is 14.6 Å². The van der Waals surface area contributed by atoms with Crippen LogP contribution < -0.4 is 10.1 Å². The summed E-state index contributed by atoms with van der Waals surface area (Å²) in [6.07, 6.45) is 2.59. The zero-order valence-corrected chi connectivity index (χ0v) is 10.6. The predicted molar refractivity (Wildman–Crippen MR) is 68.5 cm³/mol. The lowest BCUT2D eigenvalue weighted by molar-refractivity contribution is -0.120. The van der Waals surface area contributed by atoms with Gasteiger partial charge in [-0.2, -0.15) is 0 Å². The molecule has 0 saturated heterocycles. The number of fused-ring (bicyclic) bond motifs is 1. The predicted octanol–water partition coefficient (Wildman–Crippen LogP) is 1.57. The third kappa shape index (κ3) is 3.01. The Kier molecular flexibility index (Phi) is 4.20. The molecule has 0 bridgehead atoms. The van der Waals surface area contributed by atoms with E-state index in [0.717, 1.165) is 24.2 Å². The second kappa shape index (κ2) is 5.87. The van der Waals surface area contributed by atoms with Crippen molar-refractivity contribution in [3.05, 3.63) is 29.3 Å². The van der Waals surface area contributed by atoms with E-state index in [-0.39, 0.29) is 12.0 Å². The molecule has 4 heteroatoms. The van der Waals surface area contributed by atoms with Gasteiger partial charge in [0.1, 0.15) is 5.75 Å². The molecule has 4 nitrogen and oxygen atoms in total. The Labute approximate surface area is 107 Å². The molecule has 1 amide bonds. The molecule has 0 fully saturated rings. The number of carbonyl (C=O) groups excluding carboxylic acids is 1. The average Bonchev–Trinajstić information content (AvgIpc) is 2.76. The lowest BCUT2D eigenvalue weighted by atomic mass is 10.1. The van der Waals surface area contributed by atoms with E-state index >= 15 is 0 Å². The van der Waals surface area contributed by atoms with Gasteiger partial charge >= 0.3 is 0 Å². The maximum atomic E-state index is 11.0. The number of amides is 1. The quantitative estimate of drug-likeness (QED) is 0.779. The fraction of sp³-hybridized carbons (Fsp3) is 0.500. The molecule has 1 atom stereocenters. The molecule has 18 heavy (non-hydrogen) atoms. The molecule has 1 aliphatic carbocycles. The van der Waals surface area contributed by atoms with Crippen LogP contribution in [-0.4, -0.2) is 24.7 Å². The van der Waals surface area contributed by atoms with Gasteiger partial charge in [0.15, 0.2) is 0 Å². The summed E-state index contributed by atoms with van der Waals surface area (Å²) < 4.78 is 5.60. The smallest absolute Gasteiger partial charge is 0.219 e. The Morgan fingerprint density at radius 3 is 3.17 bits per heavy atom. The van der Waals surface area contributed by atoms with Crippen LogP contribution in [0.5, 0.6) is 5.75 Å². The molecule has 0 radical (unpaired) electrons. The summed E-state index contributed by atoms with van der Waals surface area (Å²) in [6.45, 7) is 0.536. The van der Waals surface area contributed by atoms with Crippen LogP contribution >= 0.6 is 0 Å². The molecule has 0 saturated carbocycles. The minimum atomic E-state index is -0.317. The highest BCUT2D eigenvalue weighted by Gasteiger charge is 2.20. The largest absolute Gasteiger partial charge is 0.494 e. The van der Waals surface area contributed by atoms with Crippen LogP contribution in [0.15, 0.2) is 18.2 Å². The number of rotatable bonds is 5. The van der Waals surface area contributed by atoms with Gasteiger partial charge in [0.2, 0.25) is 5.91 Å². The molecule has 2 N–H and O–H groups in total. The topological polar surface area (TPSA) is 58.6 Å². The summed E-state index contributed by atoms with van der Waals surface area (Å²) in [4.78, 5) is 11.0. The van der Waals surface area contributed by atoms with Gasteiger partial charge < -0.3 is 15.2 Å². The van der Waals surface area contributed by atoms with Crippen LogP contribution in [0.3, 0.4) is 0 Å². The molecule has 0 spiro atoms. The third-order valence-electron chi connectivity index (χ3n) is 3.26. The molecule has 1 aromatic rings. The standard InChI is InChI=1S/C14H19NO3/c1-15-14(17)3-2-8-18-11-5-6-12-10(9-11)4-7-13(12)16/h5-6,9,13,16H,2-4,7-8H2,1H3,(H,15,17). The van der Waals surface area contributed by atoms with Crippen molar-refractivity contribution in [2.75, 3.05) is 13.7 Å². The normalized spacial score (nSPS) is 17.3. The molecule has 1 unspecified atom stereocenters. The van der Waals surface area contributed by atoms with E-state index in [4.69, 9.17) is 4.74 Å². The van der Waals surface area contributed by atoms with Crippen LogP contribution in [0, 0.1) is 0 Å². The van der Waals surface area contributed by atoms with E-state index < -0.39 is 0 Å². The van der Waals surface area contributed by atoms with E-state index in [2.05, 4.69) is 5.32 Å². The Balaban J connectivity index is 1.82. The van der Waals surface area contributed by atoms with Gasteiger partial charge in [-0.15, -0.1) is 0 Å². The van der Waals surface area contributed by atoms with Gasteiger partial charge in [-0.05, 0) is 42.5 Å². The zero-order valence-electron chi connectivity index (χ0n) is 10.6. The summed E-state index contributed by atoms with van der Waals surface area (Å²) in [5.74, 6) is 0.857. The molecular formula is C14H19NO3. The van der Waals surface area contributed by atoms with Crippen LogP contribution in [0.2, 0.25) is 0 Å². The van der Waals surface area contributed by atoms with Gasteiger partial charge in [-0.1, -0.05) is 6.07 Å². The van der Waals surface area contributed by atoms with E-state index in [1.54, 1.807) is 7.05 Å². The van der Waals surface area contributed by atoms with E-state index in [9.17, 15) is 9.90 Å². The minimum absolute atomic E-state index is 0.0377. The first-order chi connectivity index (χ1) is 8.70. The highest BCUT2D eigenvalue weighted by atomic mass is 16.5. The van der Waals surface area contributed by atoms with Gasteiger partial charge in [0.05, 0.1) is 12.7 Å².